The van der Waals surface area contributed by atoms with E-state index in [4.69, 9.17) is 9.47 Å². The maximum absolute atomic E-state index is 11.4. The number of carbonyl (C=O) groups excluding carboxylic acids is 1. The Bertz CT molecular complexity index is 304. The Morgan fingerprint density at radius 3 is 2.56 bits per heavy atom. The second-order valence-corrected chi connectivity index (χ2v) is 3.62. The van der Waals surface area contributed by atoms with Gasteiger partial charge in [-0.05, 0) is 12.0 Å². The van der Waals surface area contributed by atoms with Gasteiger partial charge in [0.1, 0.15) is 6.61 Å². The van der Waals surface area contributed by atoms with E-state index in [9.17, 15) is 4.79 Å². The Labute approximate surface area is 96.4 Å². The van der Waals surface area contributed by atoms with Gasteiger partial charge < -0.3 is 9.47 Å². The van der Waals surface area contributed by atoms with Gasteiger partial charge >= 0.3 is 5.97 Å². The summed E-state index contributed by atoms with van der Waals surface area (Å²) in [5.74, 6) is -0.211. The predicted octanol–water partition coefficient (Wildman–Crippen LogP) is 2.54. The molecule has 0 aliphatic carbocycles. The monoisotopic (exact) mass is 222 g/mol. The summed E-state index contributed by atoms with van der Waals surface area (Å²) < 4.78 is 10.3. The molecular weight excluding hydrogens is 204 g/mol. The third-order valence-corrected chi connectivity index (χ3v) is 2.43. The Morgan fingerprint density at radius 1 is 1.31 bits per heavy atom. The van der Waals surface area contributed by atoms with Crippen molar-refractivity contribution >= 4 is 5.97 Å². The minimum atomic E-state index is -0.211. The molecule has 0 aliphatic heterocycles. The highest BCUT2D eigenvalue weighted by Crippen LogP contribution is 2.06. The first-order chi connectivity index (χ1) is 7.76. The topological polar surface area (TPSA) is 35.5 Å². The molecule has 0 spiro atoms. The summed E-state index contributed by atoms with van der Waals surface area (Å²) in [5.41, 5.74) is 1.00. The summed E-state index contributed by atoms with van der Waals surface area (Å²) in [4.78, 5) is 11.4. The van der Waals surface area contributed by atoms with Gasteiger partial charge in [0.2, 0.25) is 0 Å². The van der Waals surface area contributed by atoms with Crippen LogP contribution in [0.25, 0.3) is 0 Å². The molecule has 88 valence electrons. The van der Waals surface area contributed by atoms with Crippen molar-refractivity contribution < 1.29 is 14.3 Å². The number of hydrogen-bond acceptors (Lipinski definition) is 3. The number of rotatable bonds is 6. The maximum Gasteiger partial charge on any atom is 0.308 e. The van der Waals surface area contributed by atoms with Gasteiger partial charge in [0.05, 0.1) is 12.5 Å². The fourth-order valence-electron chi connectivity index (χ4n) is 1.38. The van der Waals surface area contributed by atoms with Gasteiger partial charge in [0.25, 0.3) is 0 Å². The van der Waals surface area contributed by atoms with Crippen LogP contribution in [0.3, 0.4) is 0 Å². The van der Waals surface area contributed by atoms with E-state index in [2.05, 4.69) is 0 Å². The van der Waals surface area contributed by atoms with Gasteiger partial charge in [-0.3, -0.25) is 4.79 Å². The largest absolute Gasteiger partial charge is 0.461 e. The molecule has 0 aliphatic rings. The Balaban J connectivity index is 2.30. The molecule has 3 nitrogen and oxygen atoms in total. The van der Waals surface area contributed by atoms with E-state index < -0.39 is 0 Å². The molecule has 0 unspecified atom stereocenters. The summed E-state index contributed by atoms with van der Waals surface area (Å²) in [5, 5.41) is 0. The molecule has 0 N–H and O–H groups in total. The van der Waals surface area contributed by atoms with Crippen LogP contribution in [0.4, 0.5) is 0 Å². The van der Waals surface area contributed by atoms with Gasteiger partial charge in [-0.1, -0.05) is 37.3 Å². The molecule has 0 fully saturated rings. The van der Waals surface area contributed by atoms with Crippen LogP contribution >= 0.6 is 0 Å². The van der Waals surface area contributed by atoms with Crippen molar-refractivity contribution in [1.82, 2.24) is 0 Å². The number of esters is 1. The van der Waals surface area contributed by atoms with Crippen molar-refractivity contribution in [2.45, 2.75) is 32.5 Å². The normalized spacial score (nSPS) is 12.1. The molecule has 1 aromatic carbocycles. The zero-order valence-corrected chi connectivity index (χ0v) is 9.81. The van der Waals surface area contributed by atoms with Crippen LogP contribution in [0.2, 0.25) is 0 Å². The molecule has 1 rings (SSSR count). The van der Waals surface area contributed by atoms with Gasteiger partial charge in [0, 0.05) is 7.11 Å². The minimum absolute atomic E-state index is 0.0386. The molecule has 0 radical (unpaired) electrons. The smallest absolute Gasteiger partial charge is 0.308 e. The van der Waals surface area contributed by atoms with Crippen LogP contribution < -0.4 is 0 Å². The Hall–Kier alpha value is -1.35. The van der Waals surface area contributed by atoms with E-state index >= 15 is 0 Å². The van der Waals surface area contributed by atoms with Gasteiger partial charge in [-0.25, -0.2) is 0 Å². The molecule has 1 aromatic rings. The van der Waals surface area contributed by atoms with E-state index in [-0.39, 0.29) is 12.1 Å². The first kappa shape index (κ1) is 12.7. The van der Waals surface area contributed by atoms with E-state index in [1.54, 1.807) is 7.11 Å². The highest BCUT2D eigenvalue weighted by atomic mass is 16.5. The molecule has 0 saturated carbocycles. The molecule has 0 bridgehead atoms. The molecule has 0 amide bonds. The lowest BCUT2D eigenvalue weighted by Gasteiger charge is -2.12. The number of ether oxygens (including phenoxy) is 2. The maximum atomic E-state index is 11.4. The molecule has 16 heavy (non-hydrogen) atoms. The molecule has 0 heterocycles. The van der Waals surface area contributed by atoms with Crippen LogP contribution in [0.15, 0.2) is 30.3 Å². The predicted molar refractivity (Wildman–Crippen MR) is 61.9 cm³/mol. The second-order valence-electron chi connectivity index (χ2n) is 3.62. The number of hydrogen-bond donors (Lipinski definition) is 0. The standard InChI is InChI=1S/C13H18O3/c1-3-12(15-2)9-13(14)16-10-11-7-5-4-6-8-11/h4-8,12H,3,9-10H2,1-2H3/t12-/m1/s1. The highest BCUT2D eigenvalue weighted by Gasteiger charge is 2.11. The summed E-state index contributed by atoms with van der Waals surface area (Å²) in [6, 6.07) is 9.64. The van der Waals surface area contributed by atoms with Gasteiger partial charge in [-0.15, -0.1) is 0 Å². The van der Waals surface area contributed by atoms with E-state index in [1.807, 2.05) is 37.3 Å². The SMILES string of the molecule is CC[C@H](CC(=O)OCc1ccccc1)OC. The zero-order valence-electron chi connectivity index (χ0n) is 9.81. The molecule has 0 aromatic heterocycles. The summed E-state index contributed by atoms with van der Waals surface area (Å²) in [6.45, 7) is 2.32. The van der Waals surface area contributed by atoms with Crippen molar-refractivity contribution in [2.75, 3.05) is 7.11 Å². The highest BCUT2D eigenvalue weighted by molar-refractivity contribution is 5.69. The average molecular weight is 222 g/mol. The minimum Gasteiger partial charge on any atom is -0.461 e. The fourth-order valence-corrected chi connectivity index (χ4v) is 1.38. The molecule has 1 atom stereocenters. The number of benzene rings is 1. The van der Waals surface area contributed by atoms with Crippen molar-refractivity contribution in [1.29, 1.82) is 0 Å². The van der Waals surface area contributed by atoms with Gasteiger partial charge in [-0.2, -0.15) is 0 Å². The molecule has 0 saturated heterocycles. The Kier molecular flexibility index (Phi) is 5.57. The Morgan fingerprint density at radius 2 is 2.00 bits per heavy atom. The van der Waals surface area contributed by atoms with E-state index in [1.165, 1.54) is 0 Å². The molecular formula is C13H18O3. The van der Waals surface area contributed by atoms with E-state index in [0.29, 0.717) is 13.0 Å². The average Bonchev–Trinajstić information content (AvgIpc) is 2.34. The van der Waals surface area contributed by atoms with Crippen molar-refractivity contribution in [3.05, 3.63) is 35.9 Å². The first-order valence-electron chi connectivity index (χ1n) is 5.48. The lowest BCUT2D eigenvalue weighted by atomic mass is 10.2. The van der Waals surface area contributed by atoms with Crippen LogP contribution in [0, 0.1) is 0 Å². The number of carbonyl (C=O) groups is 1. The second kappa shape index (κ2) is 7.01. The summed E-state index contributed by atoms with van der Waals surface area (Å²) in [6.07, 6.45) is 1.10. The van der Waals surface area contributed by atoms with Crippen molar-refractivity contribution in [2.24, 2.45) is 0 Å². The lowest BCUT2D eigenvalue weighted by Crippen LogP contribution is -2.17. The van der Waals surface area contributed by atoms with Gasteiger partial charge in [0.15, 0.2) is 0 Å². The van der Waals surface area contributed by atoms with Crippen LogP contribution in [0.5, 0.6) is 0 Å². The zero-order chi connectivity index (χ0) is 11.8. The summed E-state index contributed by atoms with van der Waals surface area (Å²) >= 11 is 0. The van der Waals surface area contributed by atoms with Crippen molar-refractivity contribution in [3.63, 3.8) is 0 Å². The van der Waals surface area contributed by atoms with E-state index in [0.717, 1.165) is 12.0 Å². The van der Waals surface area contributed by atoms with Crippen LogP contribution in [-0.2, 0) is 20.9 Å². The molecule has 3 heteroatoms. The van der Waals surface area contributed by atoms with Crippen LogP contribution in [-0.4, -0.2) is 19.2 Å². The third kappa shape index (κ3) is 4.45. The first-order valence-corrected chi connectivity index (χ1v) is 5.48. The third-order valence-electron chi connectivity index (χ3n) is 2.43. The van der Waals surface area contributed by atoms with Crippen LogP contribution in [0.1, 0.15) is 25.3 Å². The quantitative estimate of drug-likeness (QED) is 0.694. The summed E-state index contributed by atoms with van der Waals surface area (Å²) in [7, 11) is 1.61. The fraction of sp³-hybridized carbons (Fsp3) is 0.462. The number of methoxy groups -OCH3 is 1. The van der Waals surface area contributed by atoms with Crippen molar-refractivity contribution in [3.8, 4) is 0 Å². The lowest BCUT2D eigenvalue weighted by molar-refractivity contribution is -0.147.